The number of hydrogen-bond donors (Lipinski definition) is 1. The van der Waals surface area contributed by atoms with Crippen molar-refractivity contribution in [3.05, 3.63) is 24.0 Å². The van der Waals surface area contributed by atoms with E-state index in [2.05, 4.69) is 69.9 Å². The Balaban J connectivity index is 2.52. The van der Waals surface area contributed by atoms with Gasteiger partial charge in [0.1, 0.15) is 0 Å². The van der Waals surface area contributed by atoms with Crippen LogP contribution in [0.25, 0.3) is 0 Å². The first-order chi connectivity index (χ1) is 10.4. The van der Waals surface area contributed by atoms with Crippen LogP contribution >= 0.6 is 0 Å². The van der Waals surface area contributed by atoms with Gasteiger partial charge < -0.3 is 9.72 Å². The maximum absolute atomic E-state index is 5.63. The van der Waals surface area contributed by atoms with Crippen molar-refractivity contribution in [1.82, 2.24) is 9.88 Å². The van der Waals surface area contributed by atoms with Crippen molar-refractivity contribution in [2.24, 2.45) is 0 Å². The number of morpholine rings is 1. The third-order valence-electron chi connectivity index (χ3n) is 5.82. The predicted molar refractivity (Wildman–Crippen MR) is 97.0 cm³/mol. The van der Waals surface area contributed by atoms with Crippen molar-refractivity contribution < 1.29 is 4.74 Å². The summed E-state index contributed by atoms with van der Waals surface area (Å²) in [5.74, 6) is 0. The quantitative estimate of drug-likeness (QED) is 0.775. The summed E-state index contributed by atoms with van der Waals surface area (Å²) in [5.41, 5.74) is 4.35. The Kier molecular flexibility index (Phi) is 5.92. The second kappa shape index (κ2) is 7.32. The first kappa shape index (κ1) is 17.8. The van der Waals surface area contributed by atoms with Gasteiger partial charge in [0.25, 0.3) is 0 Å². The van der Waals surface area contributed by atoms with Crippen LogP contribution in [0.15, 0.2) is 18.5 Å². The van der Waals surface area contributed by atoms with Crippen molar-refractivity contribution in [2.45, 2.75) is 63.8 Å². The molecule has 0 saturated carbocycles. The Morgan fingerprint density at radius 1 is 1.00 bits per heavy atom. The lowest BCUT2D eigenvalue weighted by molar-refractivity contribution is 0.0280. The van der Waals surface area contributed by atoms with Gasteiger partial charge in [0, 0.05) is 31.1 Å². The first-order valence-corrected chi connectivity index (χ1v) is 11.2. The van der Waals surface area contributed by atoms with Gasteiger partial charge in [0.05, 0.1) is 21.3 Å². The summed E-state index contributed by atoms with van der Waals surface area (Å²) < 4.78 is 5.63. The van der Waals surface area contributed by atoms with E-state index < -0.39 is 8.07 Å². The van der Waals surface area contributed by atoms with Crippen molar-refractivity contribution in [1.29, 1.82) is 0 Å². The Morgan fingerprint density at radius 2 is 1.55 bits per heavy atom. The van der Waals surface area contributed by atoms with Crippen LogP contribution in [0.1, 0.15) is 52.8 Å². The Labute approximate surface area is 137 Å². The zero-order valence-electron chi connectivity index (χ0n) is 15.2. The molecule has 1 atom stereocenters. The lowest BCUT2D eigenvalue weighted by atomic mass is 10.3. The van der Waals surface area contributed by atoms with E-state index in [1.54, 1.807) is 0 Å². The molecule has 4 heteroatoms. The summed E-state index contributed by atoms with van der Waals surface area (Å²) in [6.07, 6.45) is 4.32. The van der Waals surface area contributed by atoms with Crippen LogP contribution in [-0.2, 0) is 4.74 Å². The topological polar surface area (TPSA) is 28.3 Å². The number of aromatic nitrogens is 1. The van der Waals surface area contributed by atoms with Gasteiger partial charge in [-0.05, 0) is 28.3 Å². The Morgan fingerprint density at radius 3 is 1.95 bits per heavy atom. The standard InChI is InChI=1S/C18H34N2OSi/c1-14(2)22(15(3)4,16(5)6)18(17-7-8-19-13-17)20-9-11-21-12-10-20/h7-8,13-16,18-19H,9-12H2,1-6H3. The minimum atomic E-state index is -1.60. The monoisotopic (exact) mass is 322 g/mol. The highest BCUT2D eigenvalue weighted by Crippen LogP contribution is 2.51. The summed E-state index contributed by atoms with van der Waals surface area (Å²) in [7, 11) is -1.60. The summed E-state index contributed by atoms with van der Waals surface area (Å²) in [6.45, 7) is 18.7. The number of H-pyrrole nitrogens is 1. The summed E-state index contributed by atoms with van der Waals surface area (Å²) in [5, 5.41) is 0. The molecule has 2 heterocycles. The molecule has 1 N–H and O–H groups in total. The molecule has 0 radical (unpaired) electrons. The van der Waals surface area contributed by atoms with Crippen molar-refractivity contribution in [2.75, 3.05) is 26.3 Å². The van der Waals surface area contributed by atoms with Crippen LogP contribution in [0.5, 0.6) is 0 Å². The molecule has 126 valence electrons. The molecular formula is C18H34N2OSi. The molecule has 0 aliphatic carbocycles. The smallest absolute Gasteiger partial charge is 0.0862 e. The molecule has 0 aromatic carbocycles. The lowest BCUT2D eigenvalue weighted by Crippen LogP contribution is -2.58. The van der Waals surface area contributed by atoms with Gasteiger partial charge in [0.15, 0.2) is 0 Å². The molecule has 2 rings (SSSR count). The largest absolute Gasteiger partial charge is 0.379 e. The van der Waals surface area contributed by atoms with Crippen LogP contribution < -0.4 is 0 Å². The van der Waals surface area contributed by atoms with E-state index in [-0.39, 0.29) is 0 Å². The number of ether oxygens (including phenoxy) is 1. The number of aromatic amines is 1. The highest BCUT2D eigenvalue weighted by molar-refractivity contribution is 6.84. The number of rotatable bonds is 6. The molecule has 1 aliphatic rings. The molecule has 1 aromatic heterocycles. The molecule has 0 bridgehead atoms. The van der Waals surface area contributed by atoms with Gasteiger partial charge >= 0.3 is 0 Å². The molecule has 1 unspecified atom stereocenters. The average molecular weight is 323 g/mol. The number of hydrogen-bond acceptors (Lipinski definition) is 2. The second-order valence-corrected chi connectivity index (χ2v) is 13.7. The molecule has 1 aliphatic heterocycles. The van der Waals surface area contributed by atoms with Gasteiger partial charge in [-0.3, -0.25) is 4.90 Å². The summed E-state index contributed by atoms with van der Waals surface area (Å²) in [4.78, 5) is 6.02. The van der Waals surface area contributed by atoms with Gasteiger partial charge in [0.2, 0.25) is 0 Å². The third kappa shape index (κ3) is 3.06. The van der Waals surface area contributed by atoms with Crippen LogP contribution in [0, 0.1) is 0 Å². The van der Waals surface area contributed by atoms with Crippen LogP contribution in [0.3, 0.4) is 0 Å². The normalized spacial score (nSPS) is 19.3. The highest BCUT2D eigenvalue weighted by Gasteiger charge is 2.51. The van der Waals surface area contributed by atoms with E-state index in [1.807, 2.05) is 0 Å². The van der Waals surface area contributed by atoms with Gasteiger partial charge in [-0.15, -0.1) is 0 Å². The van der Waals surface area contributed by atoms with E-state index in [0.29, 0.717) is 5.67 Å². The maximum atomic E-state index is 5.63. The SMILES string of the molecule is CC(C)[Si](C(C)C)(C(C)C)C(c1cc[nH]c1)N1CCOCC1. The molecular weight excluding hydrogens is 288 g/mol. The minimum absolute atomic E-state index is 0.586. The van der Waals surface area contributed by atoms with Crippen molar-refractivity contribution in [3.8, 4) is 0 Å². The molecule has 0 amide bonds. The Bertz CT molecular complexity index is 414. The highest BCUT2D eigenvalue weighted by atomic mass is 28.3. The minimum Gasteiger partial charge on any atom is -0.379 e. The fourth-order valence-corrected chi connectivity index (χ4v) is 12.6. The lowest BCUT2D eigenvalue weighted by Gasteiger charge is -2.53. The molecule has 22 heavy (non-hydrogen) atoms. The number of nitrogens with one attached hydrogen (secondary N) is 1. The fourth-order valence-electron chi connectivity index (χ4n) is 5.11. The summed E-state index contributed by atoms with van der Waals surface area (Å²) >= 11 is 0. The molecule has 3 nitrogen and oxygen atoms in total. The summed E-state index contributed by atoms with van der Waals surface area (Å²) in [6, 6.07) is 2.30. The van der Waals surface area contributed by atoms with E-state index in [4.69, 9.17) is 4.74 Å². The van der Waals surface area contributed by atoms with E-state index in [9.17, 15) is 0 Å². The van der Waals surface area contributed by atoms with Crippen LogP contribution in [0.4, 0.5) is 0 Å². The van der Waals surface area contributed by atoms with E-state index >= 15 is 0 Å². The van der Waals surface area contributed by atoms with Gasteiger partial charge in [-0.25, -0.2) is 0 Å². The van der Waals surface area contributed by atoms with Crippen LogP contribution in [-0.4, -0.2) is 44.3 Å². The van der Waals surface area contributed by atoms with E-state index in [1.165, 1.54) is 5.56 Å². The van der Waals surface area contributed by atoms with E-state index in [0.717, 1.165) is 42.9 Å². The number of nitrogens with zero attached hydrogens (tertiary/aromatic N) is 1. The molecule has 1 saturated heterocycles. The maximum Gasteiger partial charge on any atom is 0.0862 e. The second-order valence-electron chi connectivity index (χ2n) is 7.66. The fraction of sp³-hybridized carbons (Fsp3) is 0.778. The molecule has 1 aromatic rings. The van der Waals surface area contributed by atoms with Crippen molar-refractivity contribution in [3.63, 3.8) is 0 Å². The first-order valence-electron chi connectivity index (χ1n) is 8.86. The average Bonchev–Trinajstić information content (AvgIpc) is 2.97. The van der Waals surface area contributed by atoms with Crippen molar-refractivity contribution >= 4 is 8.07 Å². The zero-order valence-corrected chi connectivity index (χ0v) is 16.2. The van der Waals surface area contributed by atoms with Gasteiger partial charge in [-0.1, -0.05) is 41.5 Å². The molecule has 1 fully saturated rings. The zero-order chi connectivity index (χ0) is 16.3. The van der Waals surface area contributed by atoms with Gasteiger partial charge in [-0.2, -0.15) is 0 Å². The Hall–Kier alpha value is -0.583. The van der Waals surface area contributed by atoms with Crippen LogP contribution in [0.2, 0.25) is 16.6 Å². The molecule has 0 spiro atoms. The third-order valence-corrected chi connectivity index (χ3v) is 13.5. The predicted octanol–water partition coefficient (Wildman–Crippen LogP) is 4.61.